The van der Waals surface area contributed by atoms with E-state index in [9.17, 15) is 5.11 Å². The molecule has 0 saturated heterocycles. The maximum Gasteiger partial charge on any atom is 0.162 e. The fourth-order valence-corrected chi connectivity index (χ4v) is 3.04. The second-order valence-electron chi connectivity index (χ2n) is 4.30. The molecule has 2 aromatic rings. The molecular formula is C15H13Cl2IO3. The van der Waals surface area contributed by atoms with Gasteiger partial charge < -0.3 is 14.6 Å². The number of aliphatic hydroxyl groups is 1. The van der Waals surface area contributed by atoms with E-state index < -0.39 is 6.10 Å². The Morgan fingerprint density at radius 3 is 2.24 bits per heavy atom. The third-order valence-corrected chi connectivity index (χ3v) is 4.59. The zero-order valence-corrected chi connectivity index (χ0v) is 15.0. The summed E-state index contributed by atoms with van der Waals surface area (Å²) in [5.41, 5.74) is 1.23. The highest BCUT2D eigenvalue weighted by Crippen LogP contribution is 2.39. The second kappa shape index (κ2) is 7.05. The van der Waals surface area contributed by atoms with Gasteiger partial charge in [-0.2, -0.15) is 0 Å². The van der Waals surface area contributed by atoms with Gasteiger partial charge in [0.05, 0.1) is 19.2 Å². The van der Waals surface area contributed by atoms with Gasteiger partial charge in [-0.25, -0.2) is 0 Å². The topological polar surface area (TPSA) is 38.7 Å². The van der Waals surface area contributed by atoms with Gasteiger partial charge in [0.15, 0.2) is 11.5 Å². The molecule has 0 amide bonds. The Balaban J connectivity index is 2.52. The Labute approximate surface area is 146 Å². The number of halogens is 3. The zero-order chi connectivity index (χ0) is 15.6. The van der Waals surface area contributed by atoms with Crippen molar-refractivity contribution in [1.82, 2.24) is 0 Å². The van der Waals surface area contributed by atoms with E-state index in [-0.39, 0.29) is 0 Å². The highest BCUT2D eigenvalue weighted by Gasteiger charge is 2.20. The molecule has 0 heterocycles. The van der Waals surface area contributed by atoms with Crippen LogP contribution in [0.15, 0.2) is 30.3 Å². The lowest BCUT2D eigenvalue weighted by Crippen LogP contribution is -2.04. The van der Waals surface area contributed by atoms with E-state index in [2.05, 4.69) is 22.6 Å². The molecule has 2 aromatic carbocycles. The van der Waals surface area contributed by atoms with E-state index in [0.717, 1.165) is 3.57 Å². The van der Waals surface area contributed by atoms with Gasteiger partial charge in [0, 0.05) is 20.2 Å². The first-order valence-electron chi connectivity index (χ1n) is 6.02. The van der Waals surface area contributed by atoms with Gasteiger partial charge in [-0.1, -0.05) is 23.2 Å². The van der Waals surface area contributed by atoms with Gasteiger partial charge in [0.2, 0.25) is 0 Å². The van der Waals surface area contributed by atoms with E-state index in [1.165, 1.54) is 14.2 Å². The van der Waals surface area contributed by atoms with Gasteiger partial charge in [0.25, 0.3) is 0 Å². The van der Waals surface area contributed by atoms with Crippen molar-refractivity contribution in [2.75, 3.05) is 14.2 Å². The summed E-state index contributed by atoms with van der Waals surface area (Å²) in [4.78, 5) is 0. The van der Waals surface area contributed by atoms with Gasteiger partial charge in [-0.3, -0.25) is 0 Å². The van der Waals surface area contributed by atoms with Crippen molar-refractivity contribution in [3.63, 3.8) is 0 Å². The largest absolute Gasteiger partial charge is 0.493 e. The average Bonchev–Trinajstić information content (AvgIpc) is 2.48. The predicted octanol–water partition coefficient (Wildman–Crippen LogP) is 4.70. The molecule has 0 aliphatic carbocycles. The van der Waals surface area contributed by atoms with Crippen LogP contribution in [0.3, 0.4) is 0 Å². The molecule has 21 heavy (non-hydrogen) atoms. The van der Waals surface area contributed by atoms with E-state index in [1.54, 1.807) is 24.3 Å². The Kier molecular flexibility index (Phi) is 5.60. The summed E-state index contributed by atoms with van der Waals surface area (Å²) in [5.74, 6) is 1.02. The van der Waals surface area contributed by atoms with Crippen molar-refractivity contribution >= 4 is 45.8 Å². The third kappa shape index (κ3) is 3.56. The van der Waals surface area contributed by atoms with Crippen molar-refractivity contribution < 1.29 is 14.6 Å². The molecule has 1 atom stereocenters. The molecular weight excluding hydrogens is 426 g/mol. The van der Waals surface area contributed by atoms with Gasteiger partial charge in [-0.15, -0.1) is 0 Å². The van der Waals surface area contributed by atoms with E-state index in [1.807, 2.05) is 6.07 Å². The molecule has 0 bridgehead atoms. The van der Waals surface area contributed by atoms with Crippen LogP contribution in [0.2, 0.25) is 10.0 Å². The molecule has 0 radical (unpaired) electrons. The van der Waals surface area contributed by atoms with Crippen LogP contribution in [-0.2, 0) is 0 Å². The number of hydrogen-bond acceptors (Lipinski definition) is 3. The maximum absolute atomic E-state index is 10.6. The second-order valence-corrected chi connectivity index (χ2v) is 6.30. The maximum atomic E-state index is 10.6. The molecule has 0 spiro atoms. The Bertz CT molecular complexity index is 662. The highest BCUT2D eigenvalue weighted by atomic mass is 127. The first-order chi connectivity index (χ1) is 9.97. The minimum Gasteiger partial charge on any atom is -0.493 e. The molecule has 112 valence electrons. The van der Waals surface area contributed by atoms with Gasteiger partial charge in [-0.05, 0) is 52.4 Å². The molecule has 6 heteroatoms. The number of rotatable bonds is 4. The van der Waals surface area contributed by atoms with Gasteiger partial charge in [0.1, 0.15) is 6.10 Å². The summed E-state index contributed by atoms with van der Waals surface area (Å²) in [5, 5.41) is 11.6. The van der Waals surface area contributed by atoms with Crippen LogP contribution in [0.1, 0.15) is 17.2 Å². The smallest absolute Gasteiger partial charge is 0.162 e. The average molecular weight is 439 g/mol. The standard InChI is InChI=1S/C15H13Cl2IO3/c1-20-13-6-9(11(17)7-14(13)21-2)15(19)10-5-8(16)3-4-12(10)18/h3-7,15,19H,1-2H3. The lowest BCUT2D eigenvalue weighted by molar-refractivity contribution is 0.218. The van der Waals surface area contributed by atoms with E-state index in [0.29, 0.717) is 32.7 Å². The van der Waals surface area contributed by atoms with Crippen LogP contribution in [0.25, 0.3) is 0 Å². The van der Waals surface area contributed by atoms with Crippen LogP contribution < -0.4 is 9.47 Å². The molecule has 1 N–H and O–H groups in total. The highest BCUT2D eigenvalue weighted by molar-refractivity contribution is 14.1. The van der Waals surface area contributed by atoms with Gasteiger partial charge >= 0.3 is 0 Å². The SMILES string of the molecule is COc1cc(Cl)c(C(O)c2cc(Cl)ccc2I)cc1OC. The van der Waals surface area contributed by atoms with E-state index >= 15 is 0 Å². The Morgan fingerprint density at radius 1 is 1.00 bits per heavy atom. The molecule has 2 rings (SSSR count). The molecule has 0 aliphatic rings. The number of ether oxygens (including phenoxy) is 2. The van der Waals surface area contributed by atoms with Crippen molar-refractivity contribution in [3.8, 4) is 11.5 Å². The Morgan fingerprint density at radius 2 is 1.62 bits per heavy atom. The monoisotopic (exact) mass is 438 g/mol. The summed E-state index contributed by atoms with van der Waals surface area (Å²) >= 11 is 14.4. The fourth-order valence-electron chi connectivity index (χ4n) is 1.97. The Hall–Kier alpha value is -0.690. The minimum absolute atomic E-state index is 0.399. The summed E-state index contributed by atoms with van der Waals surface area (Å²) < 4.78 is 11.3. The first kappa shape index (κ1) is 16.7. The molecule has 3 nitrogen and oxygen atoms in total. The van der Waals surface area contributed by atoms with Crippen LogP contribution >= 0.6 is 45.8 Å². The van der Waals surface area contributed by atoms with Crippen LogP contribution in [0, 0.1) is 3.57 Å². The van der Waals surface area contributed by atoms with Crippen molar-refractivity contribution in [2.24, 2.45) is 0 Å². The van der Waals surface area contributed by atoms with Crippen molar-refractivity contribution in [3.05, 3.63) is 55.1 Å². The minimum atomic E-state index is -0.900. The zero-order valence-electron chi connectivity index (χ0n) is 11.4. The normalized spacial score (nSPS) is 12.1. The molecule has 0 aliphatic heterocycles. The quantitative estimate of drug-likeness (QED) is 0.703. The molecule has 0 fully saturated rings. The summed E-state index contributed by atoms with van der Waals surface area (Å²) in [7, 11) is 3.06. The molecule has 1 unspecified atom stereocenters. The van der Waals surface area contributed by atoms with Crippen LogP contribution in [0.5, 0.6) is 11.5 Å². The summed E-state index contributed by atoms with van der Waals surface area (Å²) in [6, 6.07) is 8.63. The number of methoxy groups -OCH3 is 2. The number of benzene rings is 2. The summed E-state index contributed by atoms with van der Waals surface area (Å²) in [6.07, 6.45) is -0.900. The van der Waals surface area contributed by atoms with E-state index in [4.69, 9.17) is 32.7 Å². The third-order valence-electron chi connectivity index (χ3n) is 3.05. The van der Waals surface area contributed by atoms with Crippen LogP contribution in [-0.4, -0.2) is 19.3 Å². The lowest BCUT2D eigenvalue weighted by atomic mass is 10.0. The molecule has 0 aromatic heterocycles. The predicted molar refractivity (Wildman–Crippen MR) is 92.8 cm³/mol. The number of hydrogen-bond donors (Lipinski definition) is 1. The fraction of sp³-hybridized carbons (Fsp3) is 0.200. The van der Waals surface area contributed by atoms with Crippen molar-refractivity contribution in [2.45, 2.75) is 6.10 Å². The summed E-state index contributed by atoms with van der Waals surface area (Å²) in [6.45, 7) is 0. The van der Waals surface area contributed by atoms with Crippen molar-refractivity contribution in [1.29, 1.82) is 0 Å². The first-order valence-corrected chi connectivity index (χ1v) is 7.85. The number of aliphatic hydroxyl groups excluding tert-OH is 1. The van der Waals surface area contributed by atoms with Crippen LogP contribution in [0.4, 0.5) is 0 Å². The molecule has 0 saturated carbocycles. The lowest BCUT2D eigenvalue weighted by Gasteiger charge is -2.17.